The van der Waals surface area contributed by atoms with E-state index in [0.717, 1.165) is 36.9 Å². The van der Waals surface area contributed by atoms with E-state index in [-0.39, 0.29) is 22.8 Å². The summed E-state index contributed by atoms with van der Waals surface area (Å²) in [5, 5.41) is 10.2. The van der Waals surface area contributed by atoms with E-state index in [1.54, 1.807) is 4.68 Å². The SMILES string of the molecule is Cc1nn(C)cc1[C@@H]1SCC(=O)Nc2c1c(=O)[nH]n2C1CCCC1. The predicted molar refractivity (Wildman–Crippen MR) is 93.4 cm³/mol. The highest BCUT2D eigenvalue weighted by Crippen LogP contribution is 2.42. The minimum absolute atomic E-state index is 0.0592. The fourth-order valence-corrected chi connectivity index (χ4v) is 4.99. The first kappa shape index (κ1) is 15.6. The van der Waals surface area contributed by atoms with Gasteiger partial charge in [0.1, 0.15) is 5.82 Å². The summed E-state index contributed by atoms with van der Waals surface area (Å²) in [6, 6.07) is 0.264. The summed E-state index contributed by atoms with van der Waals surface area (Å²) in [5.74, 6) is 0.920. The van der Waals surface area contributed by atoms with Crippen molar-refractivity contribution in [2.75, 3.05) is 11.1 Å². The molecule has 1 amide bonds. The summed E-state index contributed by atoms with van der Waals surface area (Å²) >= 11 is 1.49. The molecule has 1 fully saturated rings. The minimum atomic E-state index is -0.181. The highest BCUT2D eigenvalue weighted by Gasteiger charge is 2.34. The number of aromatic amines is 1. The number of anilines is 1. The van der Waals surface area contributed by atoms with E-state index in [1.165, 1.54) is 11.8 Å². The molecule has 2 aromatic heterocycles. The van der Waals surface area contributed by atoms with Gasteiger partial charge < -0.3 is 5.32 Å². The fraction of sp³-hybridized carbons (Fsp3) is 0.562. The molecular formula is C16H21N5O2S. The van der Waals surface area contributed by atoms with E-state index in [9.17, 15) is 9.59 Å². The number of nitrogens with zero attached hydrogens (tertiary/aromatic N) is 3. The molecule has 0 aromatic carbocycles. The number of carbonyl (C=O) groups is 1. The van der Waals surface area contributed by atoms with Gasteiger partial charge in [0.05, 0.1) is 28.3 Å². The molecule has 3 heterocycles. The van der Waals surface area contributed by atoms with E-state index in [0.29, 0.717) is 17.1 Å². The zero-order valence-electron chi connectivity index (χ0n) is 13.8. The van der Waals surface area contributed by atoms with Gasteiger partial charge in [-0.3, -0.25) is 24.1 Å². The molecule has 2 N–H and O–H groups in total. The molecule has 1 aliphatic heterocycles. The van der Waals surface area contributed by atoms with Gasteiger partial charge in [-0.1, -0.05) is 12.8 Å². The molecule has 0 bridgehead atoms. The lowest BCUT2D eigenvalue weighted by molar-refractivity contribution is -0.113. The van der Waals surface area contributed by atoms with Crippen LogP contribution in [0.1, 0.15) is 53.8 Å². The first-order valence-corrected chi connectivity index (χ1v) is 9.35. The predicted octanol–water partition coefficient (Wildman–Crippen LogP) is 2.11. The van der Waals surface area contributed by atoms with Gasteiger partial charge in [-0.15, -0.1) is 11.8 Å². The third-order valence-electron chi connectivity index (χ3n) is 4.89. The van der Waals surface area contributed by atoms with Gasteiger partial charge in [-0.05, 0) is 19.8 Å². The monoisotopic (exact) mass is 347 g/mol. The molecule has 0 spiro atoms. The Hall–Kier alpha value is -1.96. The lowest BCUT2D eigenvalue weighted by Crippen LogP contribution is -2.18. The maximum Gasteiger partial charge on any atom is 0.270 e. The Labute approximate surface area is 143 Å². The van der Waals surface area contributed by atoms with Crippen molar-refractivity contribution in [1.29, 1.82) is 0 Å². The maximum atomic E-state index is 12.7. The minimum Gasteiger partial charge on any atom is -0.310 e. The molecule has 2 aliphatic rings. The Bertz CT molecular complexity index is 843. The number of aromatic nitrogens is 4. The number of rotatable bonds is 2. The average Bonchev–Trinajstić information content (AvgIpc) is 3.20. The molecule has 4 rings (SSSR count). The summed E-state index contributed by atoms with van der Waals surface area (Å²) in [5.41, 5.74) is 2.42. The van der Waals surface area contributed by atoms with Gasteiger partial charge >= 0.3 is 0 Å². The third-order valence-corrected chi connectivity index (χ3v) is 6.14. The molecule has 0 radical (unpaired) electrons. The highest BCUT2D eigenvalue weighted by molar-refractivity contribution is 8.00. The fourth-order valence-electron chi connectivity index (χ4n) is 3.80. The van der Waals surface area contributed by atoms with Crippen molar-refractivity contribution in [3.63, 3.8) is 0 Å². The van der Waals surface area contributed by atoms with Crippen LogP contribution >= 0.6 is 11.8 Å². The molecule has 0 saturated heterocycles. The number of H-pyrrole nitrogens is 1. The largest absolute Gasteiger partial charge is 0.310 e. The zero-order valence-corrected chi connectivity index (χ0v) is 14.7. The van der Waals surface area contributed by atoms with Crippen LogP contribution in [0.15, 0.2) is 11.0 Å². The van der Waals surface area contributed by atoms with Gasteiger partial charge in [0.25, 0.3) is 5.56 Å². The first-order valence-electron chi connectivity index (χ1n) is 8.30. The molecule has 24 heavy (non-hydrogen) atoms. The lowest BCUT2D eigenvalue weighted by atomic mass is 10.1. The van der Waals surface area contributed by atoms with Gasteiger partial charge in [0, 0.05) is 18.8 Å². The van der Waals surface area contributed by atoms with Crippen LogP contribution in [-0.2, 0) is 11.8 Å². The molecule has 8 heteroatoms. The Balaban J connectivity index is 1.87. The maximum absolute atomic E-state index is 12.7. The van der Waals surface area contributed by atoms with E-state index >= 15 is 0 Å². The number of amides is 1. The van der Waals surface area contributed by atoms with Crippen molar-refractivity contribution in [2.24, 2.45) is 7.05 Å². The molecule has 128 valence electrons. The van der Waals surface area contributed by atoms with Crippen molar-refractivity contribution in [2.45, 2.75) is 43.9 Å². The van der Waals surface area contributed by atoms with Gasteiger partial charge in [0.15, 0.2) is 0 Å². The summed E-state index contributed by atoms with van der Waals surface area (Å²) in [4.78, 5) is 24.9. The third kappa shape index (κ3) is 2.49. The summed E-state index contributed by atoms with van der Waals surface area (Å²) in [6.07, 6.45) is 6.34. The summed E-state index contributed by atoms with van der Waals surface area (Å²) < 4.78 is 3.65. The van der Waals surface area contributed by atoms with E-state index in [1.807, 2.05) is 24.9 Å². The number of carbonyl (C=O) groups excluding carboxylic acids is 1. The molecule has 2 aromatic rings. The zero-order chi connectivity index (χ0) is 16.8. The van der Waals surface area contributed by atoms with Crippen LogP contribution in [0.25, 0.3) is 0 Å². The molecule has 7 nitrogen and oxygen atoms in total. The van der Waals surface area contributed by atoms with Crippen LogP contribution in [0, 0.1) is 6.92 Å². The van der Waals surface area contributed by atoms with Gasteiger partial charge in [0.2, 0.25) is 5.91 Å². The van der Waals surface area contributed by atoms with Crippen molar-refractivity contribution < 1.29 is 4.79 Å². The quantitative estimate of drug-likeness (QED) is 0.871. The Morgan fingerprint density at radius 3 is 2.71 bits per heavy atom. The Morgan fingerprint density at radius 2 is 2.04 bits per heavy atom. The number of hydrogen-bond donors (Lipinski definition) is 2. The average molecular weight is 347 g/mol. The van der Waals surface area contributed by atoms with Gasteiger partial charge in [-0.2, -0.15) is 5.10 Å². The number of hydrogen-bond acceptors (Lipinski definition) is 4. The van der Waals surface area contributed by atoms with Crippen molar-refractivity contribution in [3.05, 3.63) is 33.4 Å². The topological polar surface area (TPSA) is 84.7 Å². The van der Waals surface area contributed by atoms with Crippen LogP contribution in [0.4, 0.5) is 5.82 Å². The van der Waals surface area contributed by atoms with Crippen molar-refractivity contribution in [3.8, 4) is 0 Å². The van der Waals surface area contributed by atoms with Crippen molar-refractivity contribution in [1.82, 2.24) is 19.6 Å². The second kappa shape index (κ2) is 5.84. The second-order valence-electron chi connectivity index (χ2n) is 6.59. The Morgan fingerprint density at radius 1 is 1.29 bits per heavy atom. The first-order chi connectivity index (χ1) is 11.5. The molecular weight excluding hydrogens is 326 g/mol. The lowest BCUT2D eigenvalue weighted by Gasteiger charge is -2.16. The Kier molecular flexibility index (Phi) is 3.79. The number of fused-ring (bicyclic) bond motifs is 1. The van der Waals surface area contributed by atoms with E-state index in [2.05, 4.69) is 15.5 Å². The number of aryl methyl sites for hydroxylation is 2. The summed E-state index contributed by atoms with van der Waals surface area (Å²) in [7, 11) is 1.87. The van der Waals surface area contributed by atoms with Crippen molar-refractivity contribution >= 4 is 23.5 Å². The number of thioether (sulfide) groups is 1. The number of nitrogens with one attached hydrogen (secondary N) is 2. The van der Waals surface area contributed by atoms with Crippen LogP contribution in [0.2, 0.25) is 0 Å². The molecule has 1 atom stereocenters. The van der Waals surface area contributed by atoms with Crippen LogP contribution < -0.4 is 10.9 Å². The van der Waals surface area contributed by atoms with E-state index in [4.69, 9.17) is 0 Å². The van der Waals surface area contributed by atoms with E-state index < -0.39 is 0 Å². The molecule has 1 saturated carbocycles. The van der Waals surface area contributed by atoms with Crippen LogP contribution in [0.5, 0.6) is 0 Å². The highest BCUT2D eigenvalue weighted by atomic mass is 32.2. The van der Waals surface area contributed by atoms with Crippen LogP contribution in [-0.4, -0.2) is 31.2 Å². The smallest absolute Gasteiger partial charge is 0.270 e. The standard InChI is InChI=1S/C16H21N5O2S/c1-9-11(7-20(2)18-9)14-13-15(17-12(22)8-24-14)21(19-16(13)23)10-5-3-4-6-10/h7,10,14H,3-6,8H2,1-2H3,(H,17,22)(H,19,23)/t14-/m0/s1. The normalized spacial score (nSPS) is 21.6. The second-order valence-corrected chi connectivity index (χ2v) is 7.69. The molecule has 1 aliphatic carbocycles. The van der Waals surface area contributed by atoms with Gasteiger partial charge in [-0.25, -0.2) is 0 Å². The summed E-state index contributed by atoms with van der Waals surface area (Å²) in [6.45, 7) is 1.94. The van der Waals surface area contributed by atoms with Crippen LogP contribution in [0.3, 0.4) is 0 Å². The molecule has 0 unspecified atom stereocenters.